The Bertz CT molecular complexity index is 300. The van der Waals surface area contributed by atoms with Gasteiger partial charge in [-0.1, -0.05) is 44.9 Å². The molecule has 1 heteroatoms. The molecule has 0 radical (unpaired) electrons. The van der Waals surface area contributed by atoms with E-state index in [9.17, 15) is 0 Å². The molecular formula is C16H26O. The minimum Gasteiger partial charge on any atom is -0.490 e. The predicted octanol–water partition coefficient (Wildman–Crippen LogP) is 4.98. The lowest BCUT2D eigenvalue weighted by Gasteiger charge is -2.19. The first-order valence-corrected chi connectivity index (χ1v) is 6.85. The number of benzene rings is 1. The second kappa shape index (κ2) is 7.37. The molecule has 0 saturated heterocycles. The lowest BCUT2D eigenvalue weighted by molar-refractivity contribution is 0.171. The van der Waals surface area contributed by atoms with Crippen molar-refractivity contribution >= 4 is 0 Å². The van der Waals surface area contributed by atoms with Crippen LogP contribution in [0.5, 0.6) is 5.75 Å². The van der Waals surface area contributed by atoms with Crippen molar-refractivity contribution in [2.45, 2.75) is 59.5 Å². The molecule has 0 aromatic heterocycles. The Labute approximate surface area is 106 Å². The Morgan fingerprint density at radius 2 is 1.65 bits per heavy atom. The van der Waals surface area contributed by atoms with Gasteiger partial charge in [-0.3, -0.25) is 0 Å². The third-order valence-electron chi connectivity index (χ3n) is 3.00. The van der Waals surface area contributed by atoms with Crippen molar-refractivity contribution < 1.29 is 4.74 Å². The van der Waals surface area contributed by atoms with E-state index < -0.39 is 0 Å². The molecule has 0 amide bonds. The first-order chi connectivity index (χ1) is 8.11. The van der Waals surface area contributed by atoms with Crippen LogP contribution < -0.4 is 4.74 Å². The Balaban J connectivity index is 2.50. The van der Waals surface area contributed by atoms with Crippen LogP contribution in [-0.2, 0) is 0 Å². The van der Waals surface area contributed by atoms with Crippen LogP contribution in [0, 0.1) is 12.8 Å². The van der Waals surface area contributed by atoms with E-state index >= 15 is 0 Å². The molecule has 1 aromatic rings. The summed E-state index contributed by atoms with van der Waals surface area (Å²) >= 11 is 0. The lowest BCUT2D eigenvalue weighted by atomic mass is 10.0. The normalized spacial score (nSPS) is 12.8. The SMILES string of the molecule is CCCC(CCC(C)C)Oc1ccc(C)cc1. The summed E-state index contributed by atoms with van der Waals surface area (Å²) in [6.45, 7) is 8.87. The monoisotopic (exact) mass is 234 g/mol. The first-order valence-electron chi connectivity index (χ1n) is 6.85. The maximum Gasteiger partial charge on any atom is 0.119 e. The summed E-state index contributed by atoms with van der Waals surface area (Å²) in [7, 11) is 0. The summed E-state index contributed by atoms with van der Waals surface area (Å²) in [5.41, 5.74) is 1.28. The molecule has 0 fully saturated rings. The zero-order valence-corrected chi connectivity index (χ0v) is 11.7. The summed E-state index contributed by atoms with van der Waals surface area (Å²) in [5.74, 6) is 1.77. The molecule has 0 aliphatic heterocycles. The fourth-order valence-electron chi connectivity index (χ4n) is 1.91. The molecule has 1 nitrogen and oxygen atoms in total. The molecule has 0 N–H and O–H groups in total. The van der Waals surface area contributed by atoms with Gasteiger partial charge < -0.3 is 4.74 Å². The van der Waals surface area contributed by atoms with Crippen molar-refractivity contribution in [3.05, 3.63) is 29.8 Å². The van der Waals surface area contributed by atoms with E-state index in [2.05, 4.69) is 52.0 Å². The second-order valence-electron chi connectivity index (χ2n) is 5.31. The van der Waals surface area contributed by atoms with Crippen LogP contribution in [0.15, 0.2) is 24.3 Å². The average molecular weight is 234 g/mol. The summed E-state index contributed by atoms with van der Waals surface area (Å²) in [4.78, 5) is 0. The van der Waals surface area contributed by atoms with Crippen molar-refractivity contribution in [1.29, 1.82) is 0 Å². The summed E-state index contributed by atoms with van der Waals surface area (Å²) < 4.78 is 6.06. The van der Waals surface area contributed by atoms with Gasteiger partial charge in [0.05, 0.1) is 6.10 Å². The highest BCUT2D eigenvalue weighted by atomic mass is 16.5. The summed E-state index contributed by atoms with van der Waals surface area (Å²) in [6, 6.07) is 8.38. The van der Waals surface area contributed by atoms with Crippen molar-refractivity contribution in [1.82, 2.24) is 0 Å². The molecule has 17 heavy (non-hydrogen) atoms. The zero-order chi connectivity index (χ0) is 12.7. The molecule has 0 saturated carbocycles. The van der Waals surface area contributed by atoms with Crippen LogP contribution in [0.1, 0.15) is 52.0 Å². The van der Waals surface area contributed by atoms with Crippen LogP contribution >= 0.6 is 0 Å². The van der Waals surface area contributed by atoms with E-state index in [1.165, 1.54) is 24.8 Å². The maximum atomic E-state index is 6.06. The fourth-order valence-corrected chi connectivity index (χ4v) is 1.91. The van der Waals surface area contributed by atoms with E-state index in [-0.39, 0.29) is 0 Å². The first kappa shape index (κ1) is 14.1. The third kappa shape index (κ3) is 5.76. The molecule has 1 atom stereocenters. The van der Waals surface area contributed by atoms with E-state index in [4.69, 9.17) is 4.74 Å². The molecule has 1 rings (SSSR count). The van der Waals surface area contributed by atoms with Crippen molar-refractivity contribution in [2.24, 2.45) is 5.92 Å². The fraction of sp³-hybridized carbons (Fsp3) is 0.625. The maximum absolute atomic E-state index is 6.06. The topological polar surface area (TPSA) is 9.23 Å². The largest absolute Gasteiger partial charge is 0.490 e. The third-order valence-corrected chi connectivity index (χ3v) is 3.00. The highest BCUT2D eigenvalue weighted by Gasteiger charge is 2.10. The van der Waals surface area contributed by atoms with Crippen LogP contribution in [0.25, 0.3) is 0 Å². The zero-order valence-electron chi connectivity index (χ0n) is 11.7. The average Bonchev–Trinajstić information content (AvgIpc) is 2.29. The van der Waals surface area contributed by atoms with Crippen LogP contribution in [-0.4, -0.2) is 6.10 Å². The quantitative estimate of drug-likeness (QED) is 0.646. The number of hydrogen-bond acceptors (Lipinski definition) is 1. The van der Waals surface area contributed by atoms with E-state index in [1.807, 2.05) is 0 Å². The molecule has 96 valence electrons. The molecule has 0 aliphatic carbocycles. The second-order valence-corrected chi connectivity index (χ2v) is 5.31. The minimum atomic E-state index is 0.380. The van der Waals surface area contributed by atoms with Gasteiger partial charge in [0, 0.05) is 0 Å². The molecule has 0 spiro atoms. The van der Waals surface area contributed by atoms with Gasteiger partial charge in [0.25, 0.3) is 0 Å². The predicted molar refractivity (Wildman–Crippen MR) is 74.6 cm³/mol. The number of rotatable bonds is 7. The van der Waals surface area contributed by atoms with Crippen molar-refractivity contribution in [3.63, 3.8) is 0 Å². The van der Waals surface area contributed by atoms with Crippen molar-refractivity contribution in [2.75, 3.05) is 0 Å². The molecule has 0 heterocycles. The van der Waals surface area contributed by atoms with Crippen molar-refractivity contribution in [3.8, 4) is 5.75 Å². The van der Waals surface area contributed by atoms with Crippen LogP contribution in [0.4, 0.5) is 0 Å². The van der Waals surface area contributed by atoms with Gasteiger partial charge >= 0.3 is 0 Å². The molecular weight excluding hydrogens is 208 g/mol. The number of hydrogen-bond donors (Lipinski definition) is 0. The highest BCUT2D eigenvalue weighted by molar-refractivity contribution is 5.26. The summed E-state index contributed by atoms with van der Waals surface area (Å²) in [5, 5.41) is 0. The number of ether oxygens (including phenoxy) is 1. The Hall–Kier alpha value is -0.980. The molecule has 1 aromatic carbocycles. The van der Waals surface area contributed by atoms with E-state index in [0.29, 0.717) is 6.10 Å². The molecule has 0 aliphatic rings. The van der Waals surface area contributed by atoms with Gasteiger partial charge in [-0.15, -0.1) is 0 Å². The standard InChI is InChI=1S/C16H26O/c1-5-6-15(10-7-13(2)3)17-16-11-8-14(4)9-12-16/h8-9,11-13,15H,5-7,10H2,1-4H3. The van der Waals surface area contributed by atoms with E-state index in [1.54, 1.807) is 0 Å². The Morgan fingerprint density at radius 3 is 2.18 bits per heavy atom. The van der Waals surface area contributed by atoms with Gasteiger partial charge in [-0.05, 0) is 44.2 Å². The lowest BCUT2D eigenvalue weighted by Crippen LogP contribution is -2.17. The van der Waals surface area contributed by atoms with Gasteiger partial charge in [-0.2, -0.15) is 0 Å². The Morgan fingerprint density at radius 1 is 1.00 bits per heavy atom. The minimum absolute atomic E-state index is 0.380. The highest BCUT2D eigenvalue weighted by Crippen LogP contribution is 2.19. The Kier molecular flexibility index (Phi) is 6.10. The van der Waals surface area contributed by atoms with Gasteiger partial charge in [-0.25, -0.2) is 0 Å². The molecule has 1 unspecified atom stereocenters. The van der Waals surface area contributed by atoms with E-state index in [0.717, 1.165) is 18.1 Å². The summed E-state index contributed by atoms with van der Waals surface area (Å²) in [6.07, 6.45) is 5.13. The van der Waals surface area contributed by atoms with Crippen LogP contribution in [0.3, 0.4) is 0 Å². The van der Waals surface area contributed by atoms with Crippen LogP contribution in [0.2, 0.25) is 0 Å². The van der Waals surface area contributed by atoms with Gasteiger partial charge in [0.2, 0.25) is 0 Å². The van der Waals surface area contributed by atoms with Gasteiger partial charge in [0.1, 0.15) is 5.75 Å². The number of aryl methyl sites for hydroxylation is 1. The van der Waals surface area contributed by atoms with Gasteiger partial charge in [0.15, 0.2) is 0 Å². The molecule has 0 bridgehead atoms. The smallest absolute Gasteiger partial charge is 0.119 e.